The molecule has 1 heterocycles. The van der Waals surface area contributed by atoms with Gasteiger partial charge in [0.2, 0.25) is 0 Å². The van der Waals surface area contributed by atoms with E-state index in [0.717, 1.165) is 11.3 Å². The van der Waals surface area contributed by atoms with Crippen molar-refractivity contribution < 1.29 is 19.1 Å². The zero-order valence-electron chi connectivity index (χ0n) is 13.1. The summed E-state index contributed by atoms with van der Waals surface area (Å²) in [7, 11) is 1.61. The van der Waals surface area contributed by atoms with Gasteiger partial charge in [0.25, 0.3) is 5.91 Å². The number of hydrogen-bond acceptors (Lipinski definition) is 5. The first-order chi connectivity index (χ1) is 11.6. The van der Waals surface area contributed by atoms with Gasteiger partial charge in [-0.25, -0.2) is 9.78 Å². The molecule has 0 spiro atoms. The van der Waals surface area contributed by atoms with Crippen LogP contribution in [0.4, 0.5) is 0 Å². The summed E-state index contributed by atoms with van der Waals surface area (Å²) in [6, 6.07) is 10.5. The summed E-state index contributed by atoms with van der Waals surface area (Å²) < 4.78 is 9.97. The number of halogens is 1. The number of amides is 1. The van der Waals surface area contributed by atoms with E-state index in [1.165, 1.54) is 12.3 Å². The number of nitrogens with zero attached hydrogens (tertiary/aromatic N) is 1. The van der Waals surface area contributed by atoms with Gasteiger partial charge in [-0.3, -0.25) is 4.79 Å². The van der Waals surface area contributed by atoms with Crippen molar-refractivity contribution in [1.29, 1.82) is 0 Å². The number of esters is 1. The van der Waals surface area contributed by atoms with Crippen molar-refractivity contribution >= 4 is 23.5 Å². The number of aromatic nitrogens is 1. The minimum absolute atomic E-state index is 0.0635. The van der Waals surface area contributed by atoms with Crippen LogP contribution >= 0.6 is 11.6 Å². The van der Waals surface area contributed by atoms with Gasteiger partial charge in [-0.05, 0) is 36.2 Å². The highest BCUT2D eigenvalue weighted by atomic mass is 35.5. The van der Waals surface area contributed by atoms with Crippen molar-refractivity contribution in [3.8, 4) is 5.75 Å². The smallest absolute Gasteiger partial charge is 0.357 e. The Balaban J connectivity index is 1.70. The standard InChI is InChI=1S/C17H17ClN2O4/c1-23-14-4-2-12(3-5-14)6-8-20-16(21)11-24-17(22)15-10-13(18)7-9-19-15/h2-5,7,9-10H,6,8,11H2,1H3,(H,20,21). The Morgan fingerprint density at radius 2 is 1.96 bits per heavy atom. The fourth-order valence-corrected chi connectivity index (χ4v) is 2.07. The summed E-state index contributed by atoms with van der Waals surface area (Å²) in [4.78, 5) is 27.2. The molecule has 24 heavy (non-hydrogen) atoms. The number of ether oxygens (including phenoxy) is 2. The van der Waals surface area contributed by atoms with Crippen molar-refractivity contribution in [2.75, 3.05) is 20.3 Å². The number of rotatable bonds is 7. The average Bonchev–Trinajstić information content (AvgIpc) is 2.60. The Hall–Kier alpha value is -2.60. The number of benzene rings is 1. The van der Waals surface area contributed by atoms with Crippen molar-refractivity contribution in [1.82, 2.24) is 10.3 Å². The highest BCUT2D eigenvalue weighted by Gasteiger charge is 2.11. The topological polar surface area (TPSA) is 77.5 Å². The molecule has 1 aromatic heterocycles. The van der Waals surface area contributed by atoms with Crippen LogP contribution in [0.25, 0.3) is 0 Å². The number of carbonyl (C=O) groups excluding carboxylic acids is 2. The zero-order chi connectivity index (χ0) is 17.4. The molecule has 1 aromatic carbocycles. The number of methoxy groups -OCH3 is 1. The van der Waals surface area contributed by atoms with Gasteiger partial charge in [-0.15, -0.1) is 0 Å². The van der Waals surface area contributed by atoms with E-state index in [2.05, 4.69) is 10.3 Å². The molecule has 1 N–H and O–H groups in total. The van der Waals surface area contributed by atoms with E-state index >= 15 is 0 Å². The van der Waals surface area contributed by atoms with Crippen LogP contribution in [-0.2, 0) is 16.0 Å². The van der Waals surface area contributed by atoms with Gasteiger partial charge >= 0.3 is 5.97 Å². The molecule has 0 bridgehead atoms. The van der Waals surface area contributed by atoms with Gasteiger partial charge < -0.3 is 14.8 Å². The molecule has 0 aliphatic heterocycles. The molecule has 2 aromatic rings. The largest absolute Gasteiger partial charge is 0.497 e. The molecule has 0 aliphatic carbocycles. The van der Waals surface area contributed by atoms with Gasteiger partial charge in [-0.1, -0.05) is 23.7 Å². The molecule has 7 heteroatoms. The Bertz CT molecular complexity index is 704. The van der Waals surface area contributed by atoms with Gasteiger partial charge in [-0.2, -0.15) is 0 Å². The molecule has 0 unspecified atom stereocenters. The molecule has 0 aliphatic rings. The van der Waals surface area contributed by atoms with Crippen molar-refractivity contribution in [2.24, 2.45) is 0 Å². The predicted octanol–water partition coefficient (Wildman–Crippen LogP) is 2.26. The van der Waals surface area contributed by atoms with Crippen molar-refractivity contribution in [2.45, 2.75) is 6.42 Å². The highest BCUT2D eigenvalue weighted by Crippen LogP contribution is 2.11. The quantitative estimate of drug-likeness (QED) is 0.776. The van der Waals surface area contributed by atoms with E-state index in [0.29, 0.717) is 18.0 Å². The van der Waals surface area contributed by atoms with Gasteiger partial charge in [0.15, 0.2) is 6.61 Å². The van der Waals surface area contributed by atoms with E-state index in [-0.39, 0.29) is 18.2 Å². The molecule has 0 saturated heterocycles. The maximum absolute atomic E-state index is 11.7. The fourth-order valence-electron chi connectivity index (χ4n) is 1.91. The molecule has 0 saturated carbocycles. The van der Waals surface area contributed by atoms with Crippen molar-refractivity contribution in [3.05, 3.63) is 58.9 Å². The lowest BCUT2D eigenvalue weighted by Gasteiger charge is -2.07. The summed E-state index contributed by atoms with van der Waals surface area (Å²) in [5, 5.41) is 3.06. The molecule has 1 amide bonds. The molecule has 6 nitrogen and oxygen atoms in total. The molecular formula is C17H17ClN2O4. The fraction of sp³-hybridized carbons (Fsp3) is 0.235. The average molecular weight is 349 g/mol. The molecule has 0 radical (unpaired) electrons. The van der Waals surface area contributed by atoms with E-state index in [1.807, 2.05) is 24.3 Å². The third kappa shape index (κ3) is 5.55. The van der Waals surface area contributed by atoms with Crippen LogP contribution in [0.2, 0.25) is 5.02 Å². The lowest BCUT2D eigenvalue weighted by molar-refractivity contribution is -0.124. The first-order valence-electron chi connectivity index (χ1n) is 7.27. The van der Waals surface area contributed by atoms with Crippen LogP contribution in [0, 0.1) is 0 Å². The SMILES string of the molecule is COc1ccc(CCNC(=O)COC(=O)c2cc(Cl)ccn2)cc1. The second-order valence-corrected chi connectivity index (χ2v) is 5.32. The second kappa shape index (κ2) is 8.88. The maximum atomic E-state index is 11.7. The Morgan fingerprint density at radius 1 is 1.21 bits per heavy atom. The van der Waals surface area contributed by atoms with Crippen LogP contribution in [-0.4, -0.2) is 37.1 Å². The number of pyridine rings is 1. The Kier molecular flexibility index (Phi) is 6.57. The zero-order valence-corrected chi connectivity index (χ0v) is 13.9. The molecule has 0 fully saturated rings. The first kappa shape index (κ1) is 17.7. The summed E-state index contributed by atoms with van der Waals surface area (Å²) in [6.45, 7) is 0.0771. The summed E-state index contributed by atoms with van der Waals surface area (Å²) >= 11 is 5.76. The molecular weight excluding hydrogens is 332 g/mol. The lowest BCUT2D eigenvalue weighted by Crippen LogP contribution is -2.30. The van der Waals surface area contributed by atoms with Crippen LogP contribution in [0.15, 0.2) is 42.6 Å². The monoisotopic (exact) mass is 348 g/mol. The van der Waals surface area contributed by atoms with E-state index in [1.54, 1.807) is 13.2 Å². The summed E-state index contributed by atoms with van der Waals surface area (Å²) in [5.41, 5.74) is 1.13. The Labute approximate surface area is 144 Å². The van der Waals surface area contributed by atoms with Crippen LogP contribution in [0.5, 0.6) is 5.75 Å². The van der Waals surface area contributed by atoms with Crippen LogP contribution in [0.3, 0.4) is 0 Å². The highest BCUT2D eigenvalue weighted by molar-refractivity contribution is 6.30. The van der Waals surface area contributed by atoms with E-state index in [9.17, 15) is 9.59 Å². The van der Waals surface area contributed by atoms with Crippen LogP contribution in [0.1, 0.15) is 16.1 Å². The molecule has 0 atom stereocenters. The third-order valence-corrected chi connectivity index (χ3v) is 3.40. The third-order valence-electron chi connectivity index (χ3n) is 3.16. The number of nitrogens with one attached hydrogen (secondary N) is 1. The molecule has 2 rings (SSSR count). The molecule has 126 valence electrons. The van der Waals surface area contributed by atoms with E-state index < -0.39 is 5.97 Å². The second-order valence-electron chi connectivity index (χ2n) is 4.88. The minimum atomic E-state index is -0.692. The normalized spacial score (nSPS) is 10.1. The van der Waals surface area contributed by atoms with Crippen LogP contribution < -0.4 is 10.1 Å². The maximum Gasteiger partial charge on any atom is 0.357 e. The minimum Gasteiger partial charge on any atom is -0.497 e. The van der Waals surface area contributed by atoms with Crippen molar-refractivity contribution in [3.63, 3.8) is 0 Å². The van der Waals surface area contributed by atoms with Gasteiger partial charge in [0.1, 0.15) is 11.4 Å². The lowest BCUT2D eigenvalue weighted by atomic mass is 10.1. The van der Waals surface area contributed by atoms with Gasteiger partial charge in [0, 0.05) is 17.8 Å². The Morgan fingerprint density at radius 3 is 2.62 bits per heavy atom. The summed E-state index contributed by atoms with van der Waals surface area (Å²) in [5.74, 6) is -0.286. The number of hydrogen-bond donors (Lipinski definition) is 1. The van der Waals surface area contributed by atoms with Gasteiger partial charge in [0.05, 0.1) is 7.11 Å². The van der Waals surface area contributed by atoms with E-state index in [4.69, 9.17) is 21.1 Å². The first-order valence-corrected chi connectivity index (χ1v) is 7.64. The summed E-state index contributed by atoms with van der Waals surface area (Å²) in [6.07, 6.45) is 2.06. The number of carbonyl (C=O) groups is 2. The predicted molar refractivity (Wildman–Crippen MR) is 89.2 cm³/mol.